The number of piperazine rings is 1. The first-order chi connectivity index (χ1) is 9.75. The Kier molecular flexibility index (Phi) is 4.79. The molecular formula is C15H16BrClN2S. The third kappa shape index (κ3) is 3.10. The van der Waals surface area contributed by atoms with E-state index in [1.54, 1.807) is 11.3 Å². The predicted octanol–water partition coefficient (Wildman–Crippen LogP) is 4.16. The molecule has 1 aromatic carbocycles. The van der Waals surface area contributed by atoms with Crippen LogP contribution in [0.5, 0.6) is 0 Å². The van der Waals surface area contributed by atoms with Crippen LogP contribution in [-0.4, -0.2) is 31.1 Å². The molecule has 1 unspecified atom stereocenters. The minimum absolute atomic E-state index is 0.252. The van der Waals surface area contributed by atoms with Crippen molar-refractivity contribution in [3.05, 3.63) is 55.6 Å². The second-order valence-corrected chi connectivity index (χ2v) is 7.75. The molecule has 0 radical (unpaired) electrons. The van der Waals surface area contributed by atoms with E-state index < -0.39 is 0 Å². The molecule has 106 valence electrons. The maximum atomic E-state index is 6.45. The molecule has 5 heteroatoms. The number of nitrogens with one attached hydrogen (secondary N) is 1. The lowest BCUT2D eigenvalue weighted by molar-refractivity contribution is 0.201. The summed E-state index contributed by atoms with van der Waals surface area (Å²) in [6.07, 6.45) is 0. The number of halogens is 2. The molecule has 2 nitrogen and oxygen atoms in total. The molecule has 1 atom stereocenters. The van der Waals surface area contributed by atoms with Crippen LogP contribution in [0, 0.1) is 0 Å². The molecule has 1 aromatic heterocycles. The van der Waals surface area contributed by atoms with Gasteiger partial charge in [0.1, 0.15) is 0 Å². The summed E-state index contributed by atoms with van der Waals surface area (Å²) in [7, 11) is 0. The van der Waals surface area contributed by atoms with Crippen molar-refractivity contribution in [2.45, 2.75) is 6.04 Å². The molecule has 0 aliphatic carbocycles. The second-order valence-electron chi connectivity index (χ2n) is 4.85. The lowest BCUT2D eigenvalue weighted by Gasteiger charge is -2.35. The molecular weight excluding hydrogens is 356 g/mol. The average molecular weight is 372 g/mol. The van der Waals surface area contributed by atoms with Crippen molar-refractivity contribution >= 4 is 38.9 Å². The zero-order valence-corrected chi connectivity index (χ0v) is 14.1. The fourth-order valence-corrected chi connectivity index (χ4v) is 4.46. The number of benzene rings is 1. The highest BCUT2D eigenvalue weighted by Gasteiger charge is 2.26. The molecule has 2 heterocycles. The van der Waals surface area contributed by atoms with Gasteiger partial charge in [0, 0.05) is 36.1 Å². The van der Waals surface area contributed by atoms with Crippen LogP contribution in [0.15, 0.2) is 40.2 Å². The van der Waals surface area contributed by atoms with Crippen LogP contribution in [0.3, 0.4) is 0 Å². The van der Waals surface area contributed by atoms with Gasteiger partial charge < -0.3 is 5.32 Å². The molecule has 1 aliphatic heterocycles. The third-order valence-corrected chi connectivity index (χ3v) is 5.60. The minimum atomic E-state index is 0.252. The predicted molar refractivity (Wildman–Crippen MR) is 89.8 cm³/mol. The first-order valence-corrected chi connectivity index (χ1v) is 8.69. The molecule has 1 fully saturated rings. The number of rotatable bonds is 3. The van der Waals surface area contributed by atoms with Crippen molar-refractivity contribution in [1.82, 2.24) is 10.2 Å². The van der Waals surface area contributed by atoms with E-state index in [0.29, 0.717) is 0 Å². The molecule has 3 rings (SSSR count). The Balaban J connectivity index is 2.01. The summed E-state index contributed by atoms with van der Waals surface area (Å²) in [5, 5.41) is 4.26. The number of nitrogens with zero attached hydrogens (tertiary/aromatic N) is 1. The van der Waals surface area contributed by atoms with Crippen molar-refractivity contribution in [2.24, 2.45) is 0 Å². The Morgan fingerprint density at radius 2 is 1.90 bits per heavy atom. The van der Waals surface area contributed by atoms with Gasteiger partial charge in [0.05, 0.1) is 9.83 Å². The molecule has 2 aromatic rings. The third-order valence-electron chi connectivity index (χ3n) is 3.58. The fourth-order valence-electron chi connectivity index (χ4n) is 2.64. The van der Waals surface area contributed by atoms with Gasteiger partial charge in [0.15, 0.2) is 0 Å². The lowest BCUT2D eigenvalue weighted by atomic mass is 10.0. The monoisotopic (exact) mass is 370 g/mol. The summed E-state index contributed by atoms with van der Waals surface area (Å²) >= 11 is 11.8. The summed E-state index contributed by atoms with van der Waals surface area (Å²) < 4.78 is 1.17. The molecule has 0 saturated carbocycles. The molecule has 1 N–H and O–H groups in total. The van der Waals surface area contributed by atoms with Crippen molar-refractivity contribution in [3.63, 3.8) is 0 Å². The van der Waals surface area contributed by atoms with Crippen molar-refractivity contribution in [2.75, 3.05) is 26.2 Å². The zero-order chi connectivity index (χ0) is 13.9. The lowest BCUT2D eigenvalue weighted by Crippen LogP contribution is -2.45. The molecule has 0 bridgehead atoms. The SMILES string of the molecule is Clc1ccccc1C(c1ccc(Br)s1)N1CCNCC1. The van der Waals surface area contributed by atoms with Gasteiger partial charge in [-0.05, 0) is 39.7 Å². The Labute approximate surface area is 136 Å². The van der Waals surface area contributed by atoms with Crippen molar-refractivity contribution < 1.29 is 0 Å². The van der Waals surface area contributed by atoms with Gasteiger partial charge in [-0.3, -0.25) is 4.90 Å². The van der Waals surface area contributed by atoms with E-state index in [0.717, 1.165) is 31.2 Å². The van der Waals surface area contributed by atoms with Crippen molar-refractivity contribution in [3.8, 4) is 0 Å². The average Bonchev–Trinajstić information content (AvgIpc) is 2.89. The van der Waals surface area contributed by atoms with Crippen molar-refractivity contribution in [1.29, 1.82) is 0 Å². The molecule has 1 saturated heterocycles. The number of hydrogen-bond acceptors (Lipinski definition) is 3. The van der Waals surface area contributed by atoms with Crippen LogP contribution >= 0.6 is 38.9 Å². The van der Waals surface area contributed by atoms with Gasteiger partial charge in [-0.2, -0.15) is 0 Å². The Morgan fingerprint density at radius 3 is 2.55 bits per heavy atom. The molecule has 0 amide bonds. The number of hydrogen-bond donors (Lipinski definition) is 1. The smallest absolute Gasteiger partial charge is 0.0711 e. The highest BCUT2D eigenvalue weighted by Crippen LogP contribution is 2.38. The van der Waals surface area contributed by atoms with E-state index in [4.69, 9.17) is 11.6 Å². The quantitative estimate of drug-likeness (QED) is 0.871. The highest BCUT2D eigenvalue weighted by atomic mass is 79.9. The zero-order valence-electron chi connectivity index (χ0n) is 11.0. The van der Waals surface area contributed by atoms with Gasteiger partial charge in [0.25, 0.3) is 0 Å². The molecule has 20 heavy (non-hydrogen) atoms. The van der Waals surface area contributed by atoms with E-state index in [9.17, 15) is 0 Å². The van der Waals surface area contributed by atoms with Crippen LogP contribution in [0.1, 0.15) is 16.5 Å². The maximum Gasteiger partial charge on any atom is 0.0711 e. The Hall–Kier alpha value is -0.390. The van der Waals surface area contributed by atoms with Crippen LogP contribution in [0.4, 0.5) is 0 Å². The fraction of sp³-hybridized carbons (Fsp3) is 0.333. The Morgan fingerprint density at radius 1 is 1.15 bits per heavy atom. The molecule has 0 spiro atoms. The van der Waals surface area contributed by atoms with Gasteiger partial charge in [0.2, 0.25) is 0 Å². The van der Waals surface area contributed by atoms with Crippen LogP contribution in [-0.2, 0) is 0 Å². The summed E-state index contributed by atoms with van der Waals surface area (Å²) in [6.45, 7) is 4.16. The van der Waals surface area contributed by atoms with E-state index in [-0.39, 0.29) is 6.04 Å². The van der Waals surface area contributed by atoms with Crippen LogP contribution in [0.2, 0.25) is 5.02 Å². The minimum Gasteiger partial charge on any atom is -0.314 e. The summed E-state index contributed by atoms with van der Waals surface area (Å²) in [5.74, 6) is 0. The van der Waals surface area contributed by atoms with Gasteiger partial charge in [-0.25, -0.2) is 0 Å². The molecule has 1 aliphatic rings. The normalized spacial score (nSPS) is 18.1. The van der Waals surface area contributed by atoms with E-state index in [1.165, 1.54) is 14.2 Å². The summed E-state index contributed by atoms with van der Waals surface area (Å²) in [5.41, 5.74) is 1.20. The van der Waals surface area contributed by atoms with Gasteiger partial charge >= 0.3 is 0 Å². The Bertz CT molecular complexity index is 581. The topological polar surface area (TPSA) is 15.3 Å². The van der Waals surface area contributed by atoms with Gasteiger partial charge in [-0.1, -0.05) is 29.8 Å². The van der Waals surface area contributed by atoms with E-state index in [1.807, 2.05) is 12.1 Å². The standard InChI is InChI=1S/C15H16BrClN2S/c16-14-6-5-13(20-14)15(19-9-7-18-8-10-19)11-3-1-2-4-12(11)17/h1-6,15,18H,7-10H2. The van der Waals surface area contributed by atoms with E-state index >= 15 is 0 Å². The first-order valence-electron chi connectivity index (χ1n) is 6.70. The summed E-state index contributed by atoms with van der Waals surface area (Å²) in [6, 6.07) is 12.8. The highest BCUT2D eigenvalue weighted by molar-refractivity contribution is 9.11. The van der Waals surface area contributed by atoms with Crippen LogP contribution in [0.25, 0.3) is 0 Å². The first kappa shape index (κ1) is 14.5. The van der Waals surface area contributed by atoms with Gasteiger partial charge in [-0.15, -0.1) is 11.3 Å². The second kappa shape index (κ2) is 6.58. The van der Waals surface area contributed by atoms with E-state index in [2.05, 4.69) is 50.4 Å². The maximum absolute atomic E-state index is 6.45. The number of thiophene rings is 1. The summed E-state index contributed by atoms with van der Waals surface area (Å²) in [4.78, 5) is 3.85. The largest absolute Gasteiger partial charge is 0.314 e. The van der Waals surface area contributed by atoms with Crippen LogP contribution < -0.4 is 5.32 Å².